The number of aliphatic hydroxyl groups is 2. The van der Waals surface area contributed by atoms with E-state index in [0.717, 1.165) is 24.3 Å². The standard InChI is InChI=1S/C54H68F4N10O18S2/c1-33(49(71)67-53(59)60)27-35-29-41(55)47(42(56)30-35)85-37-3-7-39(8-4-37)87(75,76)65-13-17-81-21-25-83-23-19-79-15-11-63-51(73)45(69)46(70)52(74)64-12-16-80-20-24-84-26-22-82-18-14-66-88(77,78)40-9-5-38(6-10-40)86-48-43(57)31-36(32-44(48)58)28-34(2)50(72)68-54(61)62/h3-10,27-32,45-46,65-66,69-70H,11-26H2,1-2H3,(H,63,73)(H,64,74)(H4,59,60,67,71)(H4,61,62,68,72)/b33-27+,34-28+/t45-,46-/m1/s1. The van der Waals surface area contributed by atoms with Crippen molar-refractivity contribution in [3.63, 3.8) is 0 Å². The second-order valence-electron chi connectivity index (χ2n) is 18.1. The van der Waals surface area contributed by atoms with E-state index in [0.29, 0.717) is 0 Å². The largest absolute Gasteiger partial charge is 0.451 e. The molecule has 0 aliphatic carbocycles. The van der Waals surface area contributed by atoms with Gasteiger partial charge in [-0.3, -0.25) is 19.2 Å². The van der Waals surface area contributed by atoms with E-state index in [1.54, 1.807) is 0 Å². The van der Waals surface area contributed by atoms with Gasteiger partial charge in [-0.05, 0) is 110 Å². The third-order valence-electron chi connectivity index (χ3n) is 11.1. The molecule has 34 heteroatoms. The number of benzene rings is 4. The van der Waals surface area contributed by atoms with Crippen molar-refractivity contribution in [2.45, 2.75) is 35.8 Å². The molecule has 0 spiro atoms. The predicted molar refractivity (Wildman–Crippen MR) is 308 cm³/mol. The lowest BCUT2D eigenvalue weighted by molar-refractivity contribution is -0.146. The first-order valence-electron chi connectivity index (χ1n) is 26.3. The fourth-order valence-corrected chi connectivity index (χ4v) is 8.93. The zero-order valence-corrected chi connectivity index (χ0v) is 49.1. The van der Waals surface area contributed by atoms with E-state index in [1.807, 2.05) is 0 Å². The van der Waals surface area contributed by atoms with Gasteiger partial charge in [0.25, 0.3) is 23.6 Å². The minimum Gasteiger partial charge on any atom is -0.451 e. The third kappa shape index (κ3) is 25.8. The first kappa shape index (κ1) is 72.5. The molecule has 0 bridgehead atoms. The maximum atomic E-state index is 14.8. The number of amides is 4. The summed E-state index contributed by atoms with van der Waals surface area (Å²) in [6.07, 6.45) is -1.82. The molecule has 0 aromatic heterocycles. The van der Waals surface area contributed by atoms with Gasteiger partial charge in [0.2, 0.25) is 20.0 Å². The van der Waals surface area contributed by atoms with Gasteiger partial charge >= 0.3 is 0 Å². The van der Waals surface area contributed by atoms with E-state index < -0.39 is 103 Å². The van der Waals surface area contributed by atoms with Crippen molar-refractivity contribution in [2.24, 2.45) is 32.9 Å². The summed E-state index contributed by atoms with van der Waals surface area (Å²) in [4.78, 5) is 54.7. The first-order valence-corrected chi connectivity index (χ1v) is 29.3. The highest BCUT2D eigenvalue weighted by molar-refractivity contribution is 7.89. The van der Waals surface area contributed by atoms with Crippen molar-refractivity contribution in [1.82, 2.24) is 20.1 Å². The van der Waals surface area contributed by atoms with Crippen LogP contribution in [-0.4, -0.2) is 180 Å². The van der Waals surface area contributed by atoms with Crippen LogP contribution in [0.1, 0.15) is 25.0 Å². The lowest BCUT2D eigenvalue weighted by atomic mass is 10.1. The minimum absolute atomic E-state index is 0.00190. The number of guanidine groups is 2. The first-order chi connectivity index (χ1) is 41.8. The number of hydrogen-bond acceptors (Lipinski definition) is 18. The molecular formula is C54H68F4N10O18S2. The van der Waals surface area contributed by atoms with E-state index in [-0.39, 0.29) is 149 Å². The zero-order chi connectivity index (χ0) is 64.8. The third-order valence-corrected chi connectivity index (χ3v) is 14.1. The molecule has 0 saturated heterocycles. The molecule has 0 radical (unpaired) electrons. The predicted octanol–water partition coefficient (Wildman–Crippen LogP) is 0.545. The van der Waals surface area contributed by atoms with Crippen molar-refractivity contribution in [1.29, 1.82) is 0 Å². The number of hydrogen-bond donors (Lipinski definition) is 10. The van der Waals surface area contributed by atoms with Crippen molar-refractivity contribution in [2.75, 3.05) is 105 Å². The molecule has 28 nitrogen and oxygen atoms in total. The number of nitrogens with one attached hydrogen (secondary N) is 4. The molecule has 0 saturated carbocycles. The summed E-state index contributed by atoms with van der Waals surface area (Å²) < 4.78 is 158. The summed E-state index contributed by atoms with van der Waals surface area (Å²) >= 11 is 0. The second-order valence-corrected chi connectivity index (χ2v) is 21.6. The van der Waals surface area contributed by atoms with E-state index in [9.17, 15) is 63.8 Å². The fourth-order valence-electron chi connectivity index (χ4n) is 6.90. The summed E-state index contributed by atoms with van der Waals surface area (Å²) in [5, 5.41) is 24.9. The number of rotatable bonds is 39. The van der Waals surface area contributed by atoms with E-state index in [4.69, 9.17) is 60.8 Å². The molecule has 88 heavy (non-hydrogen) atoms. The Bertz CT molecular complexity index is 3070. The Hall–Kier alpha value is -8.00. The SMILES string of the molecule is C/C(=C\c1cc(F)c(Oc2ccc(S(=O)(=O)NCCOCCOCCOCCNC(=O)[C@H](O)[C@@H](O)C(=O)NCCOCCOCCOCCNS(=O)(=O)c3ccc(Oc4c(F)cc(/C=C(\C)C(=O)N=C(N)N)cc4F)cc3)cc2)c(F)c1)C(=O)N=C(N)N. The maximum absolute atomic E-state index is 14.8. The summed E-state index contributed by atoms with van der Waals surface area (Å²) in [6, 6.07) is 13.2. The van der Waals surface area contributed by atoms with Gasteiger partial charge in [0, 0.05) is 37.3 Å². The van der Waals surface area contributed by atoms with Crippen LogP contribution in [0.15, 0.2) is 104 Å². The Kier molecular flexibility index (Phi) is 30.5. The maximum Gasteiger partial charge on any atom is 0.275 e. The number of nitrogens with zero attached hydrogens (tertiary/aromatic N) is 2. The van der Waals surface area contributed by atoms with Crippen LogP contribution >= 0.6 is 0 Å². The number of carbonyl (C=O) groups excluding carboxylic acids is 4. The molecule has 4 rings (SSSR count). The van der Waals surface area contributed by atoms with Gasteiger partial charge in [0.05, 0.1) is 89.1 Å². The highest BCUT2D eigenvalue weighted by atomic mass is 32.2. The molecule has 2 atom stereocenters. The molecule has 0 fully saturated rings. The van der Waals surface area contributed by atoms with Crippen LogP contribution in [0.25, 0.3) is 12.2 Å². The number of carbonyl (C=O) groups is 4. The van der Waals surface area contributed by atoms with Gasteiger partial charge in [-0.15, -0.1) is 0 Å². The van der Waals surface area contributed by atoms with Crippen LogP contribution in [0.5, 0.6) is 23.0 Å². The van der Waals surface area contributed by atoms with E-state index in [1.165, 1.54) is 74.5 Å². The lowest BCUT2D eigenvalue weighted by Crippen LogP contribution is -2.50. The number of sulfonamides is 2. The van der Waals surface area contributed by atoms with Crippen LogP contribution in [0.4, 0.5) is 17.6 Å². The van der Waals surface area contributed by atoms with Crippen LogP contribution in [-0.2, 0) is 67.6 Å². The summed E-state index contributed by atoms with van der Waals surface area (Å²) in [7, 11) is -8.00. The highest BCUT2D eigenvalue weighted by Gasteiger charge is 2.30. The number of aliphatic imine (C=N–C) groups is 2. The van der Waals surface area contributed by atoms with Crippen LogP contribution in [0.2, 0.25) is 0 Å². The van der Waals surface area contributed by atoms with Gasteiger partial charge in [0.15, 0.2) is 58.9 Å². The molecule has 4 aromatic carbocycles. The molecule has 0 aliphatic rings. The fraction of sp³-hybridized carbons (Fsp3) is 0.370. The van der Waals surface area contributed by atoms with Crippen molar-refractivity contribution in [3.8, 4) is 23.0 Å². The molecule has 0 aliphatic heterocycles. The molecule has 0 heterocycles. The van der Waals surface area contributed by atoms with Crippen molar-refractivity contribution in [3.05, 3.63) is 118 Å². The summed E-state index contributed by atoms with van der Waals surface area (Å²) in [6.45, 7) is 3.31. The molecule has 0 unspecified atom stereocenters. The summed E-state index contributed by atoms with van der Waals surface area (Å²) in [5.74, 6) is -10.6. The molecular weight excluding hydrogens is 1220 g/mol. The minimum atomic E-state index is -4.00. The Balaban J connectivity index is 0.951. The van der Waals surface area contributed by atoms with Crippen LogP contribution in [0, 0.1) is 23.3 Å². The Morgan fingerprint density at radius 2 is 0.750 bits per heavy atom. The topological polar surface area (TPSA) is 428 Å². The molecule has 14 N–H and O–H groups in total. The second kappa shape index (κ2) is 37.0. The number of halogens is 4. The Morgan fingerprint density at radius 3 is 1.03 bits per heavy atom. The average Bonchev–Trinajstić information content (AvgIpc) is 3.51. The van der Waals surface area contributed by atoms with E-state index >= 15 is 0 Å². The van der Waals surface area contributed by atoms with Gasteiger partial charge in [-0.1, -0.05) is 0 Å². The monoisotopic (exact) mass is 1280 g/mol. The highest BCUT2D eigenvalue weighted by Crippen LogP contribution is 2.32. The van der Waals surface area contributed by atoms with Crippen molar-refractivity contribution >= 4 is 67.7 Å². The Morgan fingerprint density at radius 1 is 0.477 bits per heavy atom. The quantitative estimate of drug-likeness (QED) is 0.00958. The molecule has 482 valence electrons. The number of ether oxygens (including phenoxy) is 8. The molecule has 4 amide bonds. The van der Waals surface area contributed by atoms with E-state index in [2.05, 4.69) is 30.1 Å². The van der Waals surface area contributed by atoms with Gasteiger partial charge in [-0.2, -0.15) is 9.98 Å². The van der Waals surface area contributed by atoms with Crippen LogP contribution < -0.4 is 52.5 Å². The number of aliphatic hydroxyl groups excluding tert-OH is 2. The average molecular weight is 1290 g/mol. The summed E-state index contributed by atoms with van der Waals surface area (Å²) in [5.41, 5.74) is 20.7. The van der Waals surface area contributed by atoms with Gasteiger partial charge in [-0.25, -0.2) is 43.8 Å². The Labute approximate surface area is 503 Å². The smallest absolute Gasteiger partial charge is 0.275 e. The zero-order valence-electron chi connectivity index (χ0n) is 47.5. The normalized spacial score (nSPS) is 12.6. The van der Waals surface area contributed by atoms with Crippen LogP contribution in [0.3, 0.4) is 0 Å². The molecule has 4 aromatic rings. The lowest BCUT2D eigenvalue weighted by Gasteiger charge is -2.17. The van der Waals surface area contributed by atoms with Gasteiger partial charge in [0.1, 0.15) is 11.5 Å². The van der Waals surface area contributed by atoms with Gasteiger partial charge < -0.3 is 81.7 Å². The number of nitrogens with two attached hydrogens (primary N) is 4. The van der Waals surface area contributed by atoms with Crippen molar-refractivity contribution < 1.29 is 102 Å².